The van der Waals surface area contributed by atoms with E-state index in [4.69, 9.17) is 14.4 Å². The molecule has 9 aromatic carbocycles. The van der Waals surface area contributed by atoms with Gasteiger partial charge < -0.3 is 13.9 Å². The molecule has 2 aromatic heterocycles. The summed E-state index contributed by atoms with van der Waals surface area (Å²) in [6.45, 7) is 4.67. The van der Waals surface area contributed by atoms with E-state index in [0.29, 0.717) is 18.0 Å². The molecule has 0 aliphatic heterocycles. The average molecular weight is 887 g/mol. The van der Waals surface area contributed by atoms with Gasteiger partial charge in [0.25, 0.3) is 0 Å². The molecule has 0 radical (unpaired) electrons. The number of allylic oxidation sites excluding steroid dienone is 4. The van der Waals surface area contributed by atoms with E-state index in [0.717, 1.165) is 78.1 Å². The molecule has 0 amide bonds. The summed E-state index contributed by atoms with van der Waals surface area (Å²) >= 11 is 0. The van der Waals surface area contributed by atoms with Crippen molar-refractivity contribution in [1.82, 2.24) is 4.57 Å². The van der Waals surface area contributed by atoms with Gasteiger partial charge in [-0.1, -0.05) is 183 Å². The molecule has 328 valence electrons. The lowest BCUT2D eigenvalue weighted by molar-refractivity contribution is 0.669. The quantitative estimate of drug-likeness (QED) is 0.101. The van der Waals surface area contributed by atoms with Crippen LogP contribution in [0.1, 0.15) is 34.6 Å². The fourth-order valence-electron chi connectivity index (χ4n) is 9.95. The van der Waals surface area contributed by atoms with E-state index in [9.17, 15) is 0 Å². The van der Waals surface area contributed by atoms with Gasteiger partial charge in [0.2, 0.25) is 0 Å². The third kappa shape index (κ3) is 7.86. The van der Waals surface area contributed by atoms with E-state index in [-0.39, 0.29) is 5.92 Å². The predicted octanol–water partition coefficient (Wildman–Crippen LogP) is 16.4. The van der Waals surface area contributed by atoms with Crippen LogP contribution < -0.4 is 4.90 Å². The van der Waals surface area contributed by atoms with Crippen molar-refractivity contribution in [1.29, 1.82) is 0 Å². The van der Waals surface area contributed by atoms with E-state index in [2.05, 4.69) is 198 Å². The highest BCUT2D eigenvalue weighted by Gasteiger charge is 2.33. The van der Waals surface area contributed by atoms with Crippen LogP contribution in [0.4, 0.5) is 11.4 Å². The summed E-state index contributed by atoms with van der Waals surface area (Å²) in [6, 6.07) is 82.9. The third-order valence-corrected chi connectivity index (χ3v) is 13.2. The standard InChI is InChI=1S/C64H46N4O/c1-44(66-64(48-28-14-5-15-29-48)65-43-45-22-8-2-9-23-45)49-38-55(46-24-10-3-11-25-46)63(56(39-49)47-26-12-4-13-27-47)67(50-30-16-6-17-31-50)52-36-37-54-58-41-57-53-34-20-21-35-59(53)68(51-32-18-7-19-33-51)60(57)42-62(58)69-61(54)40-52/h2-38,40-43,56H,1,39H2. The summed E-state index contributed by atoms with van der Waals surface area (Å²) < 4.78 is 9.29. The number of hydrogen-bond acceptors (Lipinski definition) is 3. The van der Waals surface area contributed by atoms with Gasteiger partial charge in [0, 0.05) is 79.7 Å². The first-order chi connectivity index (χ1) is 34.1. The number of nitrogens with zero attached hydrogens (tertiary/aromatic N) is 4. The van der Waals surface area contributed by atoms with Gasteiger partial charge in [-0.15, -0.1) is 0 Å². The minimum atomic E-state index is -0.0973. The number of furan rings is 1. The summed E-state index contributed by atoms with van der Waals surface area (Å²) in [7, 11) is 0. The molecular weight excluding hydrogens is 841 g/mol. The Hall–Kier alpha value is -9.06. The monoisotopic (exact) mass is 886 g/mol. The van der Waals surface area contributed by atoms with Crippen molar-refractivity contribution in [2.24, 2.45) is 9.98 Å². The molecule has 12 rings (SSSR count). The maximum atomic E-state index is 6.95. The second kappa shape index (κ2) is 18.0. The van der Waals surface area contributed by atoms with Gasteiger partial charge in [-0.05, 0) is 83.3 Å². The lowest BCUT2D eigenvalue weighted by Gasteiger charge is -2.38. The highest BCUT2D eigenvalue weighted by Crippen LogP contribution is 2.49. The topological polar surface area (TPSA) is 46.0 Å². The van der Waals surface area contributed by atoms with Gasteiger partial charge in [0.1, 0.15) is 11.2 Å². The van der Waals surface area contributed by atoms with E-state index in [1.54, 1.807) is 0 Å². The Balaban J connectivity index is 1.05. The minimum absolute atomic E-state index is 0.0973. The zero-order valence-corrected chi connectivity index (χ0v) is 37.9. The van der Waals surface area contributed by atoms with Crippen LogP contribution in [0, 0.1) is 0 Å². The Morgan fingerprint density at radius 3 is 1.91 bits per heavy atom. The highest BCUT2D eigenvalue weighted by atomic mass is 16.3. The van der Waals surface area contributed by atoms with Crippen LogP contribution in [-0.4, -0.2) is 16.6 Å². The SMILES string of the molecule is C=C(N=C(N=Cc1ccccc1)c1ccccc1)C1=CC(c2ccccc2)=C(N(c2ccccc2)c2ccc3c(c2)oc2cc4c(cc23)c2ccccc2n4-c2ccccc2)C(c2ccccc2)C1. The van der Waals surface area contributed by atoms with Gasteiger partial charge in [-0.25, -0.2) is 9.98 Å². The molecular formula is C64H46N4O. The van der Waals surface area contributed by atoms with Crippen molar-refractivity contribution in [2.75, 3.05) is 4.90 Å². The van der Waals surface area contributed by atoms with Crippen molar-refractivity contribution in [2.45, 2.75) is 12.3 Å². The highest BCUT2D eigenvalue weighted by molar-refractivity contribution is 6.17. The Bertz CT molecular complexity index is 3790. The summed E-state index contributed by atoms with van der Waals surface area (Å²) in [6.07, 6.45) is 4.83. The van der Waals surface area contributed by atoms with E-state index in [1.165, 1.54) is 21.9 Å². The molecule has 0 fully saturated rings. The molecule has 1 atom stereocenters. The Morgan fingerprint density at radius 1 is 0.551 bits per heavy atom. The molecule has 11 aromatic rings. The molecule has 1 unspecified atom stereocenters. The van der Waals surface area contributed by atoms with E-state index >= 15 is 0 Å². The molecule has 5 nitrogen and oxygen atoms in total. The lowest BCUT2D eigenvalue weighted by Crippen LogP contribution is -2.26. The molecule has 5 heteroatoms. The summed E-state index contributed by atoms with van der Waals surface area (Å²) in [4.78, 5) is 12.6. The molecule has 0 spiro atoms. The van der Waals surface area contributed by atoms with Crippen molar-refractivity contribution in [3.63, 3.8) is 0 Å². The average Bonchev–Trinajstić information content (AvgIpc) is 3.94. The molecule has 0 saturated heterocycles. The van der Waals surface area contributed by atoms with Crippen LogP contribution in [0.25, 0.3) is 55.0 Å². The normalized spacial score (nSPS) is 14.3. The van der Waals surface area contributed by atoms with Gasteiger partial charge >= 0.3 is 0 Å². The maximum absolute atomic E-state index is 6.95. The number of aliphatic imine (C=N–C) groups is 2. The summed E-state index contributed by atoms with van der Waals surface area (Å²) in [5.74, 6) is 0.504. The number of rotatable bonds is 10. The lowest BCUT2D eigenvalue weighted by atomic mass is 9.79. The van der Waals surface area contributed by atoms with Crippen molar-refractivity contribution < 1.29 is 4.42 Å². The van der Waals surface area contributed by atoms with Crippen LogP contribution in [-0.2, 0) is 0 Å². The molecule has 69 heavy (non-hydrogen) atoms. The Kier molecular flexibility index (Phi) is 10.8. The Morgan fingerprint density at radius 2 is 1.17 bits per heavy atom. The largest absolute Gasteiger partial charge is 0.456 e. The molecule has 1 aliphatic carbocycles. The van der Waals surface area contributed by atoms with Crippen molar-refractivity contribution in [3.8, 4) is 5.69 Å². The molecule has 0 saturated carbocycles. The number of fused-ring (bicyclic) bond motifs is 6. The number of amidine groups is 1. The first-order valence-electron chi connectivity index (χ1n) is 23.4. The molecule has 0 N–H and O–H groups in total. The van der Waals surface area contributed by atoms with Gasteiger partial charge in [-0.2, -0.15) is 0 Å². The van der Waals surface area contributed by atoms with Crippen LogP contribution >= 0.6 is 0 Å². The maximum Gasteiger partial charge on any atom is 0.159 e. The number of para-hydroxylation sites is 3. The second-order valence-electron chi connectivity index (χ2n) is 17.4. The number of anilines is 2. The first kappa shape index (κ1) is 41.4. The van der Waals surface area contributed by atoms with Crippen molar-refractivity contribution in [3.05, 3.63) is 288 Å². The van der Waals surface area contributed by atoms with Gasteiger partial charge in [0.05, 0.1) is 16.7 Å². The Labute approximate surface area is 401 Å². The zero-order valence-electron chi connectivity index (χ0n) is 37.9. The fraction of sp³-hybridized carbons (Fsp3) is 0.0312. The van der Waals surface area contributed by atoms with E-state index in [1.807, 2.05) is 66.9 Å². The summed E-state index contributed by atoms with van der Waals surface area (Å²) in [5, 5.41) is 4.56. The number of benzene rings is 9. The van der Waals surface area contributed by atoms with Crippen LogP contribution in [0.2, 0.25) is 0 Å². The number of hydrogen-bond donors (Lipinski definition) is 0. The summed E-state index contributed by atoms with van der Waals surface area (Å²) in [5.41, 5.74) is 15.2. The van der Waals surface area contributed by atoms with Crippen LogP contribution in [0.3, 0.4) is 0 Å². The van der Waals surface area contributed by atoms with E-state index < -0.39 is 0 Å². The van der Waals surface area contributed by atoms with Crippen molar-refractivity contribution >= 4 is 72.7 Å². The third-order valence-electron chi connectivity index (χ3n) is 13.2. The number of aromatic nitrogens is 1. The molecule has 2 heterocycles. The smallest absolute Gasteiger partial charge is 0.159 e. The first-order valence-corrected chi connectivity index (χ1v) is 23.4. The zero-order chi connectivity index (χ0) is 46.1. The molecule has 1 aliphatic rings. The molecule has 0 bridgehead atoms. The van der Waals surface area contributed by atoms with Crippen LogP contribution in [0.15, 0.2) is 281 Å². The second-order valence-corrected chi connectivity index (χ2v) is 17.4. The van der Waals surface area contributed by atoms with Gasteiger partial charge in [-0.3, -0.25) is 0 Å². The fourth-order valence-corrected chi connectivity index (χ4v) is 9.95. The van der Waals surface area contributed by atoms with Gasteiger partial charge in [0.15, 0.2) is 5.84 Å². The predicted molar refractivity (Wildman–Crippen MR) is 288 cm³/mol. The minimum Gasteiger partial charge on any atom is -0.456 e. The van der Waals surface area contributed by atoms with Crippen LogP contribution in [0.5, 0.6) is 0 Å².